The van der Waals surface area contributed by atoms with Crippen LogP contribution in [0, 0.1) is 0 Å². The van der Waals surface area contributed by atoms with E-state index in [2.05, 4.69) is 11.8 Å². The van der Waals surface area contributed by atoms with Crippen LogP contribution in [0.5, 0.6) is 0 Å². The fraction of sp³-hybridized carbons (Fsp3) is 0.467. The number of carbonyl (C=O) groups is 2. The number of amides is 2. The minimum Gasteiger partial charge on any atom is -0.307 e. The standard InChI is InChI=1S/C15H20N2O2/c1-11(16(2)3)7-6-10-17-14(18)12-8-4-5-9-13(12)15(17)19/h4-5,8-9,11H,6-7,10H2,1-3H3. The van der Waals surface area contributed by atoms with Crippen LogP contribution >= 0.6 is 0 Å². The van der Waals surface area contributed by atoms with E-state index in [4.69, 9.17) is 0 Å². The first-order valence-corrected chi connectivity index (χ1v) is 6.64. The molecule has 0 radical (unpaired) electrons. The lowest BCUT2D eigenvalue weighted by Gasteiger charge is -2.21. The highest BCUT2D eigenvalue weighted by Gasteiger charge is 2.34. The fourth-order valence-corrected chi connectivity index (χ4v) is 2.25. The van der Waals surface area contributed by atoms with E-state index in [1.54, 1.807) is 24.3 Å². The summed E-state index contributed by atoms with van der Waals surface area (Å²) in [5.41, 5.74) is 1.07. The van der Waals surface area contributed by atoms with Crippen LogP contribution in [0.15, 0.2) is 24.3 Å². The Morgan fingerprint density at radius 1 is 1.11 bits per heavy atom. The summed E-state index contributed by atoms with van der Waals surface area (Å²) in [7, 11) is 4.07. The average molecular weight is 260 g/mol. The molecule has 1 aromatic rings. The van der Waals surface area contributed by atoms with Gasteiger partial charge >= 0.3 is 0 Å². The highest BCUT2D eigenvalue weighted by Crippen LogP contribution is 2.22. The summed E-state index contributed by atoms with van der Waals surface area (Å²) in [6, 6.07) is 7.48. The van der Waals surface area contributed by atoms with Crippen molar-refractivity contribution in [2.24, 2.45) is 0 Å². The zero-order valence-corrected chi connectivity index (χ0v) is 11.7. The lowest BCUT2D eigenvalue weighted by Crippen LogP contribution is -2.32. The van der Waals surface area contributed by atoms with Crippen molar-refractivity contribution in [2.45, 2.75) is 25.8 Å². The van der Waals surface area contributed by atoms with Crippen molar-refractivity contribution in [1.82, 2.24) is 9.80 Å². The van der Waals surface area contributed by atoms with Crippen LogP contribution in [-0.4, -0.2) is 48.3 Å². The van der Waals surface area contributed by atoms with E-state index in [1.807, 2.05) is 14.1 Å². The molecule has 0 aromatic heterocycles. The molecule has 1 aliphatic rings. The third-order valence-corrected chi connectivity index (χ3v) is 3.76. The second-order valence-corrected chi connectivity index (χ2v) is 5.26. The van der Waals surface area contributed by atoms with Crippen LogP contribution in [0.3, 0.4) is 0 Å². The van der Waals surface area contributed by atoms with E-state index in [-0.39, 0.29) is 11.8 Å². The van der Waals surface area contributed by atoms with Gasteiger partial charge in [0.2, 0.25) is 0 Å². The summed E-state index contributed by atoms with van der Waals surface area (Å²) in [5, 5.41) is 0. The largest absolute Gasteiger partial charge is 0.307 e. The van der Waals surface area contributed by atoms with Gasteiger partial charge in [0.1, 0.15) is 0 Å². The molecule has 0 N–H and O–H groups in total. The third-order valence-electron chi connectivity index (χ3n) is 3.76. The minimum atomic E-state index is -0.155. The zero-order valence-electron chi connectivity index (χ0n) is 11.7. The molecule has 2 rings (SSSR count). The summed E-state index contributed by atoms with van der Waals surface area (Å²) < 4.78 is 0. The van der Waals surface area contributed by atoms with Gasteiger partial charge in [0.15, 0.2) is 0 Å². The van der Waals surface area contributed by atoms with Crippen molar-refractivity contribution >= 4 is 11.8 Å². The first-order chi connectivity index (χ1) is 9.02. The van der Waals surface area contributed by atoms with Crippen molar-refractivity contribution in [3.8, 4) is 0 Å². The maximum Gasteiger partial charge on any atom is 0.261 e. The molecule has 1 aliphatic heterocycles. The quantitative estimate of drug-likeness (QED) is 0.760. The Kier molecular flexibility index (Phi) is 4.00. The first kappa shape index (κ1) is 13.7. The highest BCUT2D eigenvalue weighted by molar-refractivity contribution is 6.21. The van der Waals surface area contributed by atoms with E-state index < -0.39 is 0 Å². The van der Waals surface area contributed by atoms with Crippen molar-refractivity contribution in [1.29, 1.82) is 0 Å². The molecule has 0 fully saturated rings. The van der Waals surface area contributed by atoms with Gasteiger partial charge in [-0.1, -0.05) is 12.1 Å². The molecule has 102 valence electrons. The second kappa shape index (κ2) is 5.53. The maximum absolute atomic E-state index is 12.1. The highest BCUT2D eigenvalue weighted by atomic mass is 16.2. The first-order valence-electron chi connectivity index (χ1n) is 6.64. The molecule has 0 saturated carbocycles. The van der Waals surface area contributed by atoms with Crippen LogP contribution in [0.4, 0.5) is 0 Å². The summed E-state index contributed by atoms with van der Waals surface area (Å²) in [6.45, 7) is 2.65. The fourth-order valence-electron chi connectivity index (χ4n) is 2.25. The van der Waals surface area contributed by atoms with Gasteiger partial charge in [-0.05, 0) is 46.0 Å². The Hall–Kier alpha value is -1.68. The van der Waals surface area contributed by atoms with Gasteiger partial charge in [-0.15, -0.1) is 0 Å². The van der Waals surface area contributed by atoms with Crippen LogP contribution in [0.2, 0.25) is 0 Å². The number of benzene rings is 1. The molecule has 0 aliphatic carbocycles. The predicted octanol–water partition coefficient (Wildman–Crippen LogP) is 2.01. The van der Waals surface area contributed by atoms with Crippen LogP contribution in [0.1, 0.15) is 40.5 Å². The molecule has 1 heterocycles. The summed E-state index contributed by atoms with van der Waals surface area (Å²) in [6.07, 6.45) is 1.81. The predicted molar refractivity (Wildman–Crippen MR) is 74.2 cm³/mol. The number of rotatable bonds is 5. The van der Waals surface area contributed by atoms with Crippen molar-refractivity contribution in [3.63, 3.8) is 0 Å². The molecule has 0 saturated heterocycles. The molecule has 4 heteroatoms. The van der Waals surface area contributed by atoms with Crippen LogP contribution in [-0.2, 0) is 0 Å². The average Bonchev–Trinajstić information content (AvgIpc) is 2.64. The Balaban J connectivity index is 1.97. The molecular weight excluding hydrogens is 240 g/mol. The molecule has 0 spiro atoms. The third kappa shape index (κ3) is 2.68. The number of imide groups is 1. The molecule has 4 nitrogen and oxygen atoms in total. The van der Waals surface area contributed by atoms with E-state index in [1.165, 1.54) is 4.90 Å². The SMILES string of the molecule is CC(CCCN1C(=O)c2ccccc2C1=O)N(C)C. The van der Waals surface area contributed by atoms with Gasteiger partial charge in [-0.3, -0.25) is 14.5 Å². The molecular formula is C15H20N2O2. The van der Waals surface area contributed by atoms with E-state index >= 15 is 0 Å². The number of nitrogens with zero attached hydrogens (tertiary/aromatic N) is 2. The van der Waals surface area contributed by atoms with Gasteiger partial charge in [0.05, 0.1) is 11.1 Å². The second-order valence-electron chi connectivity index (χ2n) is 5.26. The van der Waals surface area contributed by atoms with Crippen molar-refractivity contribution in [3.05, 3.63) is 35.4 Å². The van der Waals surface area contributed by atoms with E-state index in [0.717, 1.165) is 12.8 Å². The normalized spacial score (nSPS) is 16.1. The van der Waals surface area contributed by atoms with E-state index in [9.17, 15) is 9.59 Å². The Morgan fingerprint density at radius 2 is 1.63 bits per heavy atom. The van der Waals surface area contributed by atoms with Crippen molar-refractivity contribution in [2.75, 3.05) is 20.6 Å². The van der Waals surface area contributed by atoms with Crippen LogP contribution in [0.25, 0.3) is 0 Å². The molecule has 1 atom stereocenters. The summed E-state index contributed by atoms with van der Waals surface area (Å²) in [4.78, 5) is 27.7. The minimum absolute atomic E-state index is 0.155. The Morgan fingerprint density at radius 3 is 2.11 bits per heavy atom. The topological polar surface area (TPSA) is 40.6 Å². The van der Waals surface area contributed by atoms with Gasteiger partial charge in [0.25, 0.3) is 11.8 Å². The van der Waals surface area contributed by atoms with Gasteiger partial charge in [0, 0.05) is 12.6 Å². The van der Waals surface area contributed by atoms with Crippen molar-refractivity contribution < 1.29 is 9.59 Å². The van der Waals surface area contributed by atoms with Crippen LogP contribution < -0.4 is 0 Å². The number of carbonyl (C=O) groups excluding carboxylic acids is 2. The lowest BCUT2D eigenvalue weighted by molar-refractivity contribution is 0.0649. The summed E-state index contributed by atoms with van der Waals surface area (Å²) >= 11 is 0. The Labute approximate surface area is 114 Å². The smallest absolute Gasteiger partial charge is 0.261 e. The van der Waals surface area contributed by atoms with Gasteiger partial charge < -0.3 is 4.90 Å². The molecule has 1 unspecified atom stereocenters. The molecule has 0 bridgehead atoms. The number of hydrogen-bond donors (Lipinski definition) is 0. The molecule has 1 aromatic carbocycles. The van der Waals surface area contributed by atoms with Gasteiger partial charge in [-0.2, -0.15) is 0 Å². The Bertz CT molecular complexity index is 462. The van der Waals surface area contributed by atoms with Gasteiger partial charge in [-0.25, -0.2) is 0 Å². The molecule has 2 amide bonds. The number of fused-ring (bicyclic) bond motifs is 1. The van der Waals surface area contributed by atoms with E-state index in [0.29, 0.717) is 23.7 Å². The molecule has 19 heavy (non-hydrogen) atoms. The summed E-state index contributed by atoms with van der Waals surface area (Å²) in [5.74, 6) is -0.309. The number of hydrogen-bond acceptors (Lipinski definition) is 3. The lowest BCUT2D eigenvalue weighted by atomic mass is 10.1. The zero-order chi connectivity index (χ0) is 14.0. The monoisotopic (exact) mass is 260 g/mol. The maximum atomic E-state index is 12.1.